The zero-order chi connectivity index (χ0) is 23.0. The van der Waals surface area contributed by atoms with Gasteiger partial charge in [0.05, 0.1) is 35.8 Å². The molecule has 5 rings (SSSR count). The van der Waals surface area contributed by atoms with Crippen LogP contribution >= 0.6 is 0 Å². The van der Waals surface area contributed by atoms with E-state index in [1.54, 1.807) is 12.4 Å². The van der Waals surface area contributed by atoms with Gasteiger partial charge in [0.1, 0.15) is 11.9 Å². The van der Waals surface area contributed by atoms with Gasteiger partial charge in [-0.1, -0.05) is 6.92 Å². The maximum absolute atomic E-state index is 9.96. The number of likely N-dealkylation sites (tertiary alicyclic amines) is 1. The standard InChI is InChI=1S/C24H28N8O/c1-24(15-33)14-27-22-17(13-25)11-16(12-19(22)24)20-3-7-26-23(29-20)30-21-4-8-28-32(21)18-5-9-31(2)10-6-18/h3-4,7-8,11-12,18,27,33H,5-6,9-10,14-15H2,1-2H3,(H,26,29,30)/t24-/m1/s1. The summed E-state index contributed by atoms with van der Waals surface area (Å²) in [4.78, 5) is 11.5. The smallest absolute Gasteiger partial charge is 0.228 e. The Morgan fingerprint density at radius 2 is 2.09 bits per heavy atom. The average Bonchev–Trinajstić information content (AvgIpc) is 3.44. The topological polar surface area (TPSA) is 115 Å². The number of rotatable bonds is 5. The van der Waals surface area contributed by atoms with E-state index in [1.807, 2.05) is 35.9 Å². The zero-order valence-electron chi connectivity index (χ0n) is 18.9. The van der Waals surface area contributed by atoms with Gasteiger partial charge in [-0.25, -0.2) is 14.6 Å². The Bertz CT molecular complexity index is 1210. The molecule has 3 aromatic rings. The summed E-state index contributed by atoms with van der Waals surface area (Å²) in [5.74, 6) is 1.34. The Balaban J connectivity index is 1.45. The van der Waals surface area contributed by atoms with Gasteiger partial charge in [0.15, 0.2) is 0 Å². The first kappa shape index (κ1) is 21.4. The minimum atomic E-state index is -0.439. The summed E-state index contributed by atoms with van der Waals surface area (Å²) < 4.78 is 2.03. The molecule has 2 aromatic heterocycles. The summed E-state index contributed by atoms with van der Waals surface area (Å²) in [5.41, 5.74) is 3.38. The second-order valence-electron chi connectivity index (χ2n) is 9.22. The number of hydrogen-bond donors (Lipinski definition) is 3. The first-order valence-electron chi connectivity index (χ1n) is 11.3. The molecule has 1 fully saturated rings. The molecule has 4 heterocycles. The van der Waals surface area contributed by atoms with Crippen LogP contribution in [0, 0.1) is 11.3 Å². The molecule has 1 atom stereocenters. The SMILES string of the molecule is CN1CCC(n2nccc2Nc2nccc(-c3cc(C#N)c4c(c3)[C@@](C)(CO)CN4)n2)CC1. The number of nitrogens with one attached hydrogen (secondary N) is 2. The monoisotopic (exact) mass is 444 g/mol. The van der Waals surface area contributed by atoms with Crippen molar-refractivity contribution in [1.82, 2.24) is 24.6 Å². The summed E-state index contributed by atoms with van der Waals surface area (Å²) in [6.07, 6.45) is 5.62. The van der Waals surface area contributed by atoms with Crippen molar-refractivity contribution in [2.75, 3.05) is 43.9 Å². The minimum Gasteiger partial charge on any atom is -0.395 e. The van der Waals surface area contributed by atoms with Crippen LogP contribution in [0.2, 0.25) is 0 Å². The molecule has 170 valence electrons. The number of piperidine rings is 1. The highest BCUT2D eigenvalue weighted by Gasteiger charge is 2.36. The van der Waals surface area contributed by atoms with Crippen molar-refractivity contribution in [3.8, 4) is 17.3 Å². The largest absolute Gasteiger partial charge is 0.395 e. The van der Waals surface area contributed by atoms with Crippen LogP contribution in [0.1, 0.15) is 36.9 Å². The lowest BCUT2D eigenvalue weighted by Gasteiger charge is -2.30. The Hall–Kier alpha value is -3.48. The van der Waals surface area contributed by atoms with Gasteiger partial charge in [0.25, 0.3) is 0 Å². The zero-order valence-corrected chi connectivity index (χ0v) is 18.9. The van der Waals surface area contributed by atoms with Crippen LogP contribution in [-0.2, 0) is 5.41 Å². The van der Waals surface area contributed by atoms with E-state index in [9.17, 15) is 10.4 Å². The predicted octanol–water partition coefficient (Wildman–Crippen LogP) is 2.90. The summed E-state index contributed by atoms with van der Waals surface area (Å²) >= 11 is 0. The number of anilines is 3. The fraction of sp³-hybridized carbons (Fsp3) is 0.417. The van der Waals surface area contributed by atoms with Crippen molar-refractivity contribution >= 4 is 17.5 Å². The van der Waals surface area contributed by atoms with E-state index in [-0.39, 0.29) is 6.61 Å². The molecular weight excluding hydrogens is 416 g/mol. The van der Waals surface area contributed by atoms with E-state index in [2.05, 4.69) is 38.7 Å². The maximum atomic E-state index is 9.96. The Kier molecular flexibility index (Phi) is 5.48. The van der Waals surface area contributed by atoms with Gasteiger partial charge in [-0.3, -0.25) is 0 Å². The second kappa shape index (κ2) is 8.46. The fourth-order valence-corrected chi connectivity index (χ4v) is 4.70. The first-order chi connectivity index (χ1) is 16.0. The molecule has 2 aliphatic rings. The van der Waals surface area contributed by atoms with Crippen LogP contribution in [0.4, 0.5) is 17.5 Å². The number of nitriles is 1. The third kappa shape index (κ3) is 3.92. The number of aliphatic hydroxyl groups is 1. The Labute approximate surface area is 193 Å². The number of hydrogen-bond acceptors (Lipinski definition) is 8. The summed E-state index contributed by atoms with van der Waals surface area (Å²) in [7, 11) is 2.15. The van der Waals surface area contributed by atoms with Crippen molar-refractivity contribution in [2.45, 2.75) is 31.2 Å². The van der Waals surface area contributed by atoms with Gasteiger partial charge < -0.3 is 20.6 Å². The Morgan fingerprint density at radius 1 is 1.27 bits per heavy atom. The molecular formula is C24H28N8O. The quantitative estimate of drug-likeness (QED) is 0.550. The molecule has 0 unspecified atom stereocenters. The number of nitrogens with zero attached hydrogens (tertiary/aromatic N) is 6. The maximum Gasteiger partial charge on any atom is 0.228 e. The summed E-state index contributed by atoms with van der Waals surface area (Å²) in [6, 6.07) is 10.3. The number of benzene rings is 1. The van der Waals surface area contributed by atoms with Gasteiger partial charge in [0.2, 0.25) is 5.95 Å². The molecule has 0 amide bonds. The molecule has 33 heavy (non-hydrogen) atoms. The number of fused-ring (bicyclic) bond motifs is 1. The van der Waals surface area contributed by atoms with Gasteiger partial charge in [-0.15, -0.1) is 0 Å². The van der Waals surface area contributed by atoms with Crippen molar-refractivity contribution < 1.29 is 5.11 Å². The Morgan fingerprint density at radius 3 is 2.85 bits per heavy atom. The van der Waals surface area contributed by atoms with Crippen molar-refractivity contribution in [1.29, 1.82) is 5.26 Å². The molecule has 1 aromatic carbocycles. The normalized spacial score (nSPS) is 20.8. The lowest BCUT2D eigenvalue weighted by Crippen LogP contribution is -2.32. The van der Waals surface area contributed by atoms with E-state index >= 15 is 0 Å². The van der Waals surface area contributed by atoms with Gasteiger partial charge >= 0.3 is 0 Å². The van der Waals surface area contributed by atoms with Crippen LogP contribution in [0.5, 0.6) is 0 Å². The fourth-order valence-electron chi connectivity index (χ4n) is 4.70. The average molecular weight is 445 g/mol. The van der Waals surface area contributed by atoms with E-state index in [4.69, 9.17) is 4.98 Å². The molecule has 9 heteroatoms. The molecule has 3 N–H and O–H groups in total. The highest BCUT2D eigenvalue weighted by atomic mass is 16.3. The van der Waals surface area contributed by atoms with Crippen LogP contribution < -0.4 is 10.6 Å². The lowest BCUT2D eigenvalue weighted by atomic mass is 9.83. The molecule has 0 bridgehead atoms. The van der Waals surface area contributed by atoms with Crippen LogP contribution in [-0.4, -0.2) is 63.0 Å². The van der Waals surface area contributed by atoms with E-state index < -0.39 is 5.41 Å². The molecule has 0 spiro atoms. The van der Waals surface area contributed by atoms with Crippen molar-refractivity contribution in [3.05, 3.63) is 47.8 Å². The highest BCUT2D eigenvalue weighted by molar-refractivity contribution is 5.76. The number of aromatic nitrogens is 4. The molecule has 9 nitrogen and oxygen atoms in total. The second-order valence-corrected chi connectivity index (χ2v) is 9.22. The highest BCUT2D eigenvalue weighted by Crippen LogP contribution is 2.41. The van der Waals surface area contributed by atoms with Gasteiger partial charge in [-0.05, 0) is 56.7 Å². The van der Waals surface area contributed by atoms with E-state index in [0.29, 0.717) is 29.8 Å². The third-order valence-corrected chi connectivity index (χ3v) is 6.81. The molecule has 0 aliphatic carbocycles. The van der Waals surface area contributed by atoms with Gasteiger partial charge in [-0.2, -0.15) is 10.4 Å². The summed E-state index contributed by atoms with van der Waals surface area (Å²) in [6.45, 7) is 4.69. The first-order valence-corrected chi connectivity index (χ1v) is 11.3. The van der Waals surface area contributed by atoms with E-state index in [1.165, 1.54) is 0 Å². The van der Waals surface area contributed by atoms with Crippen molar-refractivity contribution in [2.24, 2.45) is 0 Å². The van der Waals surface area contributed by atoms with Crippen molar-refractivity contribution in [3.63, 3.8) is 0 Å². The minimum absolute atomic E-state index is 0.00114. The van der Waals surface area contributed by atoms with Gasteiger partial charge in [0, 0.05) is 29.8 Å². The third-order valence-electron chi connectivity index (χ3n) is 6.81. The predicted molar refractivity (Wildman–Crippen MR) is 126 cm³/mol. The summed E-state index contributed by atoms with van der Waals surface area (Å²) in [5, 5.41) is 30.8. The molecule has 1 saturated heterocycles. The molecule has 2 aliphatic heterocycles. The van der Waals surface area contributed by atoms with E-state index in [0.717, 1.165) is 48.6 Å². The number of aliphatic hydroxyl groups excluding tert-OH is 1. The lowest BCUT2D eigenvalue weighted by molar-refractivity contribution is 0.214. The molecule has 0 saturated carbocycles. The van der Waals surface area contributed by atoms with Crippen LogP contribution in [0.25, 0.3) is 11.3 Å². The van der Waals surface area contributed by atoms with Crippen LogP contribution in [0.3, 0.4) is 0 Å². The molecule has 0 radical (unpaired) electrons. The van der Waals surface area contributed by atoms with Crippen LogP contribution in [0.15, 0.2) is 36.7 Å².